The average molecular weight is 559 g/mol. The number of aliphatic carboxylic acids is 1. The molecular weight excluding hydrogens is 533 g/mol. The highest BCUT2D eigenvalue weighted by Crippen LogP contribution is 2.29. The Kier molecular flexibility index (Phi) is 8.87. The van der Waals surface area contributed by atoms with Crippen LogP contribution in [0.25, 0.3) is 0 Å². The van der Waals surface area contributed by atoms with Crippen molar-refractivity contribution in [2.24, 2.45) is 4.99 Å². The minimum absolute atomic E-state index is 0.153. The van der Waals surface area contributed by atoms with Gasteiger partial charge in [-0.2, -0.15) is 0 Å². The Morgan fingerprint density at radius 1 is 1.05 bits per heavy atom. The van der Waals surface area contributed by atoms with E-state index in [9.17, 15) is 14.7 Å². The summed E-state index contributed by atoms with van der Waals surface area (Å²) in [6.07, 6.45) is 1.60. The number of anilines is 1. The van der Waals surface area contributed by atoms with E-state index in [1.165, 1.54) is 6.92 Å². The van der Waals surface area contributed by atoms with Gasteiger partial charge in [-0.05, 0) is 62.2 Å². The molecule has 9 heteroatoms. The fraction of sp³-hybridized carbons (Fsp3) is 0.250. The molecule has 3 aromatic rings. The molecule has 4 rings (SSSR count). The van der Waals surface area contributed by atoms with Gasteiger partial charge in [-0.3, -0.25) is 14.7 Å². The molecule has 6 nitrogen and oxygen atoms in total. The molecule has 3 aromatic carbocycles. The van der Waals surface area contributed by atoms with Crippen LogP contribution in [-0.2, 0) is 16.1 Å². The number of carbonyl (C=O) groups is 2. The lowest BCUT2D eigenvalue weighted by atomic mass is 9.99. The highest BCUT2D eigenvalue weighted by molar-refractivity contribution is 6.42. The number of hydrogen-bond acceptors (Lipinski definition) is 4. The van der Waals surface area contributed by atoms with Gasteiger partial charge in [0.25, 0.3) is 0 Å². The molecular formula is C28H26Cl3N3O3. The molecule has 1 heterocycles. The number of amides is 1. The van der Waals surface area contributed by atoms with Crippen LogP contribution in [0.15, 0.2) is 71.7 Å². The highest BCUT2D eigenvalue weighted by Gasteiger charge is 2.31. The number of rotatable bonds is 8. The number of carbonyl (C=O) groups excluding carboxylic acids is 1. The van der Waals surface area contributed by atoms with E-state index in [1.54, 1.807) is 24.3 Å². The summed E-state index contributed by atoms with van der Waals surface area (Å²) in [7, 11) is 0. The Hall–Kier alpha value is -2.90. The quantitative estimate of drug-likeness (QED) is 0.307. The van der Waals surface area contributed by atoms with Crippen LogP contribution < -0.4 is 5.32 Å². The van der Waals surface area contributed by atoms with Gasteiger partial charge in [-0.1, -0.05) is 71.2 Å². The minimum Gasteiger partial charge on any atom is -0.480 e. The smallest absolute Gasteiger partial charge is 0.328 e. The zero-order valence-electron chi connectivity index (χ0n) is 20.1. The predicted octanol–water partition coefficient (Wildman–Crippen LogP) is 6.56. The molecule has 2 atom stereocenters. The molecule has 192 valence electrons. The van der Waals surface area contributed by atoms with Crippen LogP contribution in [0.2, 0.25) is 15.1 Å². The third-order valence-corrected chi connectivity index (χ3v) is 7.23. The fourth-order valence-corrected chi connectivity index (χ4v) is 4.86. The number of aliphatic imine (C=N–C) groups is 1. The van der Waals surface area contributed by atoms with Crippen molar-refractivity contribution >= 4 is 58.1 Å². The van der Waals surface area contributed by atoms with Crippen molar-refractivity contribution in [2.75, 3.05) is 11.9 Å². The molecule has 1 saturated heterocycles. The van der Waals surface area contributed by atoms with Gasteiger partial charge >= 0.3 is 5.97 Å². The summed E-state index contributed by atoms with van der Waals surface area (Å²) in [5.41, 5.74) is 3.19. The summed E-state index contributed by atoms with van der Waals surface area (Å²) in [6.45, 7) is 2.85. The molecule has 0 saturated carbocycles. The predicted molar refractivity (Wildman–Crippen MR) is 149 cm³/mol. The Balaban J connectivity index is 1.63. The lowest BCUT2D eigenvalue weighted by Gasteiger charge is -2.24. The van der Waals surface area contributed by atoms with Crippen molar-refractivity contribution in [3.8, 4) is 0 Å². The number of hydrogen-bond donors (Lipinski definition) is 2. The molecule has 0 bridgehead atoms. The van der Waals surface area contributed by atoms with Crippen molar-refractivity contribution in [1.82, 2.24) is 4.90 Å². The summed E-state index contributed by atoms with van der Waals surface area (Å²) < 4.78 is 0. The van der Waals surface area contributed by atoms with Crippen LogP contribution in [0.4, 0.5) is 5.69 Å². The van der Waals surface area contributed by atoms with Crippen LogP contribution >= 0.6 is 34.8 Å². The second-order valence-electron chi connectivity index (χ2n) is 8.91. The van der Waals surface area contributed by atoms with E-state index in [-0.39, 0.29) is 11.9 Å². The summed E-state index contributed by atoms with van der Waals surface area (Å²) >= 11 is 18.6. The van der Waals surface area contributed by atoms with E-state index in [0.717, 1.165) is 24.1 Å². The first kappa shape index (κ1) is 27.1. The van der Waals surface area contributed by atoms with Gasteiger partial charge in [0.15, 0.2) is 0 Å². The van der Waals surface area contributed by atoms with Crippen LogP contribution in [0.1, 0.15) is 36.5 Å². The number of nitrogens with one attached hydrogen (secondary N) is 1. The van der Waals surface area contributed by atoms with Gasteiger partial charge in [-0.15, -0.1) is 0 Å². The van der Waals surface area contributed by atoms with Crippen LogP contribution in [0.3, 0.4) is 0 Å². The minimum atomic E-state index is -1.05. The molecule has 2 N–H and O–H groups in total. The summed E-state index contributed by atoms with van der Waals surface area (Å²) in [5, 5.41) is 14.0. The summed E-state index contributed by atoms with van der Waals surface area (Å²) in [5.74, 6) is -1.20. The maximum atomic E-state index is 13.5. The fourth-order valence-electron chi connectivity index (χ4n) is 4.37. The van der Waals surface area contributed by atoms with E-state index < -0.39 is 12.0 Å². The highest BCUT2D eigenvalue weighted by atomic mass is 35.5. The number of nitrogens with zero attached hydrogens (tertiary/aromatic N) is 2. The Bertz CT molecular complexity index is 1330. The Morgan fingerprint density at radius 3 is 2.51 bits per heavy atom. The van der Waals surface area contributed by atoms with Crippen LogP contribution in [0, 0.1) is 0 Å². The average Bonchev–Trinajstić information content (AvgIpc) is 3.34. The second-order valence-corrected chi connectivity index (χ2v) is 10.2. The zero-order valence-corrected chi connectivity index (χ0v) is 22.4. The molecule has 0 aromatic heterocycles. The molecule has 0 aliphatic carbocycles. The molecule has 37 heavy (non-hydrogen) atoms. The van der Waals surface area contributed by atoms with Gasteiger partial charge in [0.2, 0.25) is 5.91 Å². The number of likely N-dealkylation sites (tertiary alicyclic amines) is 1. The molecule has 0 radical (unpaired) electrons. The lowest BCUT2D eigenvalue weighted by molar-refractivity contribution is -0.138. The van der Waals surface area contributed by atoms with E-state index in [2.05, 4.69) is 15.2 Å². The molecule has 1 amide bonds. The van der Waals surface area contributed by atoms with E-state index in [1.807, 2.05) is 42.5 Å². The monoisotopic (exact) mass is 557 g/mol. The standard InChI is InChI=1S/C28H26Cl3N3O3/c1-17(28(36)37)32-26(19-6-3-2-4-7-19)21-15-20(29)10-12-24(21)33-27(35)25-8-5-13-34(25)16-18-9-11-22(30)23(31)14-18/h2-4,6-7,9-12,14-15,17,25H,5,8,13,16H2,1H3,(H,33,35)(H,36,37)/t17-,25-/m0/s1. The van der Waals surface area contributed by atoms with E-state index in [0.29, 0.717) is 45.0 Å². The largest absolute Gasteiger partial charge is 0.480 e. The maximum Gasteiger partial charge on any atom is 0.328 e. The van der Waals surface area contributed by atoms with Crippen molar-refractivity contribution in [3.05, 3.63) is 98.5 Å². The van der Waals surface area contributed by atoms with Gasteiger partial charge in [0.1, 0.15) is 6.04 Å². The third kappa shape index (κ3) is 6.70. The topological polar surface area (TPSA) is 82.0 Å². The van der Waals surface area contributed by atoms with Crippen LogP contribution in [-0.4, -0.2) is 46.2 Å². The number of halogens is 3. The Morgan fingerprint density at radius 2 is 1.81 bits per heavy atom. The molecule has 1 aliphatic heterocycles. The van der Waals surface area contributed by atoms with Crippen LogP contribution in [0.5, 0.6) is 0 Å². The molecule has 0 unspecified atom stereocenters. The number of benzene rings is 3. The number of carboxylic acids is 1. The maximum absolute atomic E-state index is 13.5. The van der Waals surface area contributed by atoms with Crippen molar-refractivity contribution in [1.29, 1.82) is 0 Å². The first-order valence-electron chi connectivity index (χ1n) is 11.9. The first-order valence-corrected chi connectivity index (χ1v) is 13.0. The summed E-state index contributed by atoms with van der Waals surface area (Å²) in [4.78, 5) is 31.7. The lowest BCUT2D eigenvalue weighted by Crippen LogP contribution is -2.39. The third-order valence-electron chi connectivity index (χ3n) is 6.26. The Labute approximate surface area is 230 Å². The SMILES string of the molecule is C[C@H](N=C(c1ccccc1)c1cc(Cl)ccc1NC(=O)[C@@H]1CCCN1Cc1ccc(Cl)c(Cl)c1)C(=O)O. The van der Waals surface area contributed by atoms with Crippen molar-refractivity contribution in [3.63, 3.8) is 0 Å². The zero-order chi connectivity index (χ0) is 26.5. The van der Waals surface area contributed by atoms with Gasteiger partial charge in [-0.25, -0.2) is 4.79 Å². The first-order chi connectivity index (χ1) is 17.7. The molecule has 0 spiro atoms. The normalized spacial score (nSPS) is 17.0. The van der Waals surface area contributed by atoms with E-state index >= 15 is 0 Å². The van der Waals surface area contributed by atoms with Gasteiger partial charge in [0.05, 0.1) is 27.5 Å². The van der Waals surface area contributed by atoms with Crippen molar-refractivity contribution in [2.45, 2.75) is 38.4 Å². The van der Waals surface area contributed by atoms with Gasteiger partial charge < -0.3 is 10.4 Å². The van der Waals surface area contributed by atoms with Crippen molar-refractivity contribution < 1.29 is 14.7 Å². The second kappa shape index (κ2) is 12.1. The van der Waals surface area contributed by atoms with Gasteiger partial charge in [0, 0.05) is 22.7 Å². The molecule has 1 fully saturated rings. The van der Waals surface area contributed by atoms with E-state index in [4.69, 9.17) is 34.8 Å². The molecule has 1 aliphatic rings. The summed E-state index contributed by atoms with van der Waals surface area (Å²) in [6, 6.07) is 18.5. The number of carboxylic acid groups (broad SMARTS) is 1.